The SMILES string of the molecule is CN1C(=O)N2C[C@H]1C[C@H]1CN(C3CC3)C(=O)[C@H]12. The van der Waals surface area contributed by atoms with Gasteiger partial charge >= 0.3 is 6.03 Å². The fraction of sp³-hybridized carbons (Fsp3) is 0.833. The Morgan fingerprint density at radius 2 is 1.82 bits per heavy atom. The third kappa shape index (κ3) is 1.14. The van der Waals surface area contributed by atoms with E-state index in [-0.39, 0.29) is 18.0 Å². The van der Waals surface area contributed by atoms with Crippen molar-refractivity contribution in [3.8, 4) is 0 Å². The summed E-state index contributed by atoms with van der Waals surface area (Å²) in [6.45, 7) is 1.63. The second-order valence-corrected chi connectivity index (χ2v) is 5.86. The van der Waals surface area contributed by atoms with Gasteiger partial charge in [0.15, 0.2) is 0 Å². The van der Waals surface area contributed by atoms with Gasteiger partial charge in [-0.05, 0) is 19.3 Å². The number of carbonyl (C=O) groups excluding carboxylic acids is 2. The normalized spacial score (nSPS) is 40.3. The van der Waals surface area contributed by atoms with Gasteiger partial charge in [-0.3, -0.25) is 4.79 Å². The Bertz CT molecular complexity index is 407. The standard InChI is InChI=1S/C12H17N3O2/c1-13-9-4-7-5-14(8-2-3-8)11(16)10(7)15(6-9)12(13)17/h7-10H,2-6H2,1H3/t7-,9+,10-/m0/s1. The summed E-state index contributed by atoms with van der Waals surface area (Å²) in [5, 5.41) is 0. The van der Waals surface area contributed by atoms with Gasteiger partial charge in [0.1, 0.15) is 6.04 Å². The molecule has 5 nitrogen and oxygen atoms in total. The van der Waals surface area contributed by atoms with E-state index in [2.05, 4.69) is 0 Å². The summed E-state index contributed by atoms with van der Waals surface area (Å²) in [4.78, 5) is 30.1. The molecule has 2 bridgehead atoms. The number of hydrogen-bond donors (Lipinski definition) is 0. The van der Waals surface area contributed by atoms with Crippen LogP contribution in [0.15, 0.2) is 0 Å². The van der Waals surface area contributed by atoms with Crippen LogP contribution in [-0.4, -0.2) is 64.9 Å². The molecule has 0 spiro atoms. The minimum absolute atomic E-state index is 0.0495. The number of amides is 3. The highest BCUT2D eigenvalue weighted by Gasteiger charge is 2.56. The molecule has 3 amide bonds. The van der Waals surface area contributed by atoms with E-state index in [0.717, 1.165) is 32.4 Å². The molecule has 3 atom stereocenters. The molecule has 92 valence electrons. The predicted octanol–water partition coefficient (Wildman–Crippen LogP) is 0.115. The minimum atomic E-state index is -0.149. The number of rotatable bonds is 1. The van der Waals surface area contributed by atoms with Crippen LogP contribution in [0.25, 0.3) is 0 Å². The third-order valence-electron chi connectivity index (χ3n) is 4.81. The zero-order chi connectivity index (χ0) is 11.7. The lowest BCUT2D eigenvalue weighted by Gasteiger charge is -2.30. The average molecular weight is 235 g/mol. The number of piperidine rings is 1. The Hall–Kier alpha value is -1.26. The predicted molar refractivity (Wildman–Crippen MR) is 60.3 cm³/mol. The van der Waals surface area contributed by atoms with Gasteiger partial charge in [0, 0.05) is 32.1 Å². The first-order chi connectivity index (χ1) is 8.16. The molecule has 3 saturated heterocycles. The molecular formula is C12H17N3O2. The van der Waals surface area contributed by atoms with Gasteiger partial charge in [-0.25, -0.2) is 4.79 Å². The van der Waals surface area contributed by atoms with Crippen LogP contribution < -0.4 is 0 Å². The highest BCUT2D eigenvalue weighted by atomic mass is 16.2. The molecule has 3 aliphatic heterocycles. The second-order valence-electron chi connectivity index (χ2n) is 5.86. The van der Waals surface area contributed by atoms with Gasteiger partial charge in [-0.1, -0.05) is 0 Å². The van der Waals surface area contributed by atoms with Gasteiger partial charge in [0.25, 0.3) is 0 Å². The monoisotopic (exact) mass is 235 g/mol. The van der Waals surface area contributed by atoms with E-state index in [1.165, 1.54) is 0 Å². The Labute approximate surface area is 100 Å². The number of hydrogen-bond acceptors (Lipinski definition) is 2. The molecule has 4 rings (SSSR count). The maximum atomic E-state index is 12.4. The largest absolute Gasteiger partial charge is 0.338 e. The molecular weight excluding hydrogens is 218 g/mol. The molecule has 3 heterocycles. The number of likely N-dealkylation sites (N-methyl/N-ethyl adjacent to an activating group) is 1. The van der Waals surface area contributed by atoms with Crippen LogP contribution in [0.5, 0.6) is 0 Å². The first-order valence-corrected chi connectivity index (χ1v) is 6.50. The van der Waals surface area contributed by atoms with Crippen molar-refractivity contribution in [1.82, 2.24) is 14.7 Å². The van der Waals surface area contributed by atoms with E-state index in [0.29, 0.717) is 18.0 Å². The fourth-order valence-corrected chi connectivity index (χ4v) is 3.72. The van der Waals surface area contributed by atoms with Crippen LogP contribution >= 0.6 is 0 Å². The van der Waals surface area contributed by atoms with Crippen LogP contribution in [0.4, 0.5) is 4.79 Å². The summed E-state index contributed by atoms with van der Waals surface area (Å²) in [5.74, 6) is 0.579. The number of urea groups is 1. The summed E-state index contributed by atoms with van der Waals surface area (Å²) in [7, 11) is 1.86. The number of carbonyl (C=O) groups is 2. The van der Waals surface area contributed by atoms with Crippen molar-refractivity contribution in [2.45, 2.75) is 37.4 Å². The highest BCUT2D eigenvalue weighted by Crippen LogP contribution is 2.41. The molecule has 0 aromatic heterocycles. The first kappa shape index (κ1) is 9.74. The van der Waals surface area contributed by atoms with Crippen molar-refractivity contribution in [2.24, 2.45) is 5.92 Å². The number of fused-ring (bicyclic) bond motifs is 4. The van der Waals surface area contributed by atoms with Gasteiger partial charge in [0.2, 0.25) is 5.91 Å². The average Bonchev–Trinajstić information content (AvgIpc) is 3.08. The van der Waals surface area contributed by atoms with E-state index in [4.69, 9.17) is 0 Å². The summed E-state index contributed by atoms with van der Waals surface area (Å²) in [5.41, 5.74) is 0. The third-order valence-corrected chi connectivity index (χ3v) is 4.81. The van der Waals surface area contributed by atoms with Crippen LogP contribution in [-0.2, 0) is 4.79 Å². The molecule has 0 aromatic rings. The quantitative estimate of drug-likeness (QED) is 0.648. The highest BCUT2D eigenvalue weighted by molar-refractivity contribution is 5.91. The van der Waals surface area contributed by atoms with E-state index >= 15 is 0 Å². The van der Waals surface area contributed by atoms with E-state index in [1.54, 1.807) is 0 Å². The maximum Gasteiger partial charge on any atom is 0.320 e. The lowest BCUT2D eigenvalue weighted by atomic mass is 9.90. The topological polar surface area (TPSA) is 43.9 Å². The summed E-state index contributed by atoms with van der Waals surface area (Å²) in [6.07, 6.45) is 3.31. The zero-order valence-electron chi connectivity index (χ0n) is 10.0. The Morgan fingerprint density at radius 1 is 1.06 bits per heavy atom. The van der Waals surface area contributed by atoms with Crippen molar-refractivity contribution in [3.05, 3.63) is 0 Å². The zero-order valence-corrected chi connectivity index (χ0v) is 10.0. The van der Waals surface area contributed by atoms with Gasteiger partial charge in [0.05, 0.1) is 6.04 Å². The van der Waals surface area contributed by atoms with Gasteiger partial charge in [-0.2, -0.15) is 0 Å². The Balaban J connectivity index is 1.66. The van der Waals surface area contributed by atoms with E-state index < -0.39 is 0 Å². The second kappa shape index (κ2) is 2.94. The minimum Gasteiger partial charge on any atom is -0.338 e. The Kier molecular flexibility index (Phi) is 1.69. The fourth-order valence-electron chi connectivity index (χ4n) is 3.72. The molecule has 0 N–H and O–H groups in total. The van der Waals surface area contributed by atoms with Crippen molar-refractivity contribution in [3.63, 3.8) is 0 Å². The van der Waals surface area contributed by atoms with Crippen molar-refractivity contribution in [1.29, 1.82) is 0 Å². The van der Waals surface area contributed by atoms with Crippen molar-refractivity contribution < 1.29 is 9.59 Å². The molecule has 5 heteroatoms. The van der Waals surface area contributed by atoms with E-state index in [1.807, 2.05) is 21.7 Å². The lowest BCUT2D eigenvalue weighted by molar-refractivity contribution is -0.132. The summed E-state index contributed by atoms with van der Waals surface area (Å²) >= 11 is 0. The molecule has 0 radical (unpaired) electrons. The van der Waals surface area contributed by atoms with Crippen LogP contribution in [0.2, 0.25) is 0 Å². The molecule has 17 heavy (non-hydrogen) atoms. The maximum absolute atomic E-state index is 12.4. The molecule has 4 aliphatic rings. The van der Waals surface area contributed by atoms with Crippen LogP contribution in [0, 0.1) is 5.92 Å². The Morgan fingerprint density at radius 3 is 2.53 bits per heavy atom. The lowest BCUT2D eigenvalue weighted by Crippen LogP contribution is -2.48. The van der Waals surface area contributed by atoms with Crippen molar-refractivity contribution >= 4 is 11.9 Å². The molecule has 0 aromatic carbocycles. The van der Waals surface area contributed by atoms with Crippen LogP contribution in [0.1, 0.15) is 19.3 Å². The molecule has 1 saturated carbocycles. The van der Waals surface area contributed by atoms with Crippen molar-refractivity contribution in [2.75, 3.05) is 20.1 Å². The number of nitrogens with zero attached hydrogens (tertiary/aromatic N) is 3. The molecule has 1 aliphatic carbocycles. The molecule has 4 fully saturated rings. The summed E-state index contributed by atoms with van der Waals surface area (Å²) in [6, 6.07) is 0.717. The summed E-state index contributed by atoms with van der Waals surface area (Å²) < 4.78 is 0. The van der Waals surface area contributed by atoms with E-state index in [9.17, 15) is 9.59 Å². The number of likely N-dealkylation sites (tertiary alicyclic amines) is 1. The van der Waals surface area contributed by atoms with Gasteiger partial charge < -0.3 is 14.7 Å². The first-order valence-electron chi connectivity index (χ1n) is 6.50. The van der Waals surface area contributed by atoms with Crippen LogP contribution in [0.3, 0.4) is 0 Å². The molecule has 0 unspecified atom stereocenters. The van der Waals surface area contributed by atoms with Gasteiger partial charge in [-0.15, -0.1) is 0 Å². The smallest absolute Gasteiger partial charge is 0.320 e.